The van der Waals surface area contributed by atoms with Crippen molar-refractivity contribution in [2.24, 2.45) is 0 Å². The minimum Gasteiger partial charge on any atom is -0.465 e. The zero-order valence-corrected chi connectivity index (χ0v) is 12.7. The van der Waals surface area contributed by atoms with E-state index in [0.29, 0.717) is 0 Å². The minimum atomic E-state index is -0.162. The van der Waals surface area contributed by atoms with Crippen molar-refractivity contribution < 1.29 is 9.53 Å². The highest BCUT2D eigenvalue weighted by Crippen LogP contribution is 2.28. The van der Waals surface area contributed by atoms with Crippen molar-refractivity contribution in [3.8, 4) is 0 Å². The van der Waals surface area contributed by atoms with Gasteiger partial charge in [0.15, 0.2) is 0 Å². The fourth-order valence-electron chi connectivity index (χ4n) is 2.84. The molecular weight excluding hydrogens is 256 g/mol. The smallest absolute Gasteiger partial charge is 0.338 e. The molecule has 0 unspecified atom stereocenters. The minimum absolute atomic E-state index is 0.162. The van der Waals surface area contributed by atoms with Gasteiger partial charge in [-0.1, -0.05) is 38.5 Å². The molecule has 0 N–H and O–H groups in total. The summed E-state index contributed by atoms with van der Waals surface area (Å²) in [6.07, 6.45) is 12.7. The van der Waals surface area contributed by atoms with Gasteiger partial charge in [-0.2, -0.15) is 0 Å². The lowest BCUT2D eigenvalue weighted by Gasteiger charge is -2.09. The number of carbonyl (C=O) groups is 1. The van der Waals surface area contributed by atoms with Gasteiger partial charge in [0.25, 0.3) is 0 Å². The van der Waals surface area contributed by atoms with Crippen LogP contribution in [0.1, 0.15) is 72.2 Å². The quantitative estimate of drug-likeness (QED) is 0.694. The van der Waals surface area contributed by atoms with Gasteiger partial charge in [0, 0.05) is 10.3 Å². The normalized spacial score (nSPS) is 17.9. The SMILES string of the molecule is COC(=O)c1csc2c1CCCCCCCCCC2. The van der Waals surface area contributed by atoms with Gasteiger partial charge in [-0.25, -0.2) is 4.79 Å². The second-order valence-corrected chi connectivity index (χ2v) is 6.34. The topological polar surface area (TPSA) is 26.3 Å². The van der Waals surface area contributed by atoms with E-state index in [1.165, 1.54) is 68.9 Å². The Morgan fingerprint density at radius 1 is 1.00 bits per heavy atom. The van der Waals surface area contributed by atoms with E-state index in [1.807, 2.05) is 5.38 Å². The Balaban J connectivity index is 2.12. The van der Waals surface area contributed by atoms with Crippen molar-refractivity contribution in [2.75, 3.05) is 7.11 Å². The van der Waals surface area contributed by atoms with Crippen LogP contribution in [-0.4, -0.2) is 13.1 Å². The summed E-state index contributed by atoms with van der Waals surface area (Å²) < 4.78 is 4.90. The lowest BCUT2D eigenvalue weighted by molar-refractivity contribution is 0.0600. The zero-order chi connectivity index (χ0) is 13.5. The molecule has 1 aromatic heterocycles. The van der Waals surface area contributed by atoms with Gasteiger partial charge in [-0.15, -0.1) is 11.3 Å². The van der Waals surface area contributed by atoms with Crippen LogP contribution < -0.4 is 0 Å². The number of fused-ring (bicyclic) bond motifs is 1. The lowest BCUT2D eigenvalue weighted by Crippen LogP contribution is -2.05. The Bertz CT molecular complexity index is 409. The van der Waals surface area contributed by atoms with Crippen LogP contribution in [0.15, 0.2) is 5.38 Å². The molecule has 1 heterocycles. The van der Waals surface area contributed by atoms with Gasteiger partial charge in [0.2, 0.25) is 0 Å². The first-order valence-electron chi connectivity index (χ1n) is 7.50. The van der Waals surface area contributed by atoms with Crippen LogP contribution >= 0.6 is 11.3 Å². The molecule has 106 valence electrons. The average Bonchev–Trinajstić information content (AvgIpc) is 2.81. The van der Waals surface area contributed by atoms with Gasteiger partial charge in [0.05, 0.1) is 12.7 Å². The first-order chi connectivity index (χ1) is 9.33. The Hall–Kier alpha value is -0.830. The van der Waals surface area contributed by atoms with Crippen molar-refractivity contribution in [3.63, 3.8) is 0 Å². The number of ether oxygens (including phenoxy) is 1. The molecule has 3 heteroatoms. The monoisotopic (exact) mass is 280 g/mol. The third kappa shape index (κ3) is 4.07. The molecule has 0 aromatic carbocycles. The molecule has 0 saturated carbocycles. The summed E-state index contributed by atoms with van der Waals surface area (Å²) in [5.74, 6) is -0.162. The predicted molar refractivity (Wildman–Crippen MR) is 80.0 cm³/mol. The van der Waals surface area contributed by atoms with Crippen LogP contribution in [-0.2, 0) is 17.6 Å². The van der Waals surface area contributed by atoms with Crippen molar-refractivity contribution in [2.45, 2.75) is 64.2 Å². The number of thiophene rings is 1. The van der Waals surface area contributed by atoms with E-state index < -0.39 is 0 Å². The molecule has 0 atom stereocenters. The zero-order valence-electron chi connectivity index (χ0n) is 11.9. The molecule has 2 nitrogen and oxygen atoms in total. The Morgan fingerprint density at radius 2 is 1.58 bits per heavy atom. The Labute approximate surface area is 120 Å². The molecule has 0 spiro atoms. The summed E-state index contributed by atoms with van der Waals surface area (Å²) in [5, 5.41) is 2.00. The van der Waals surface area contributed by atoms with E-state index in [-0.39, 0.29) is 5.97 Å². The number of hydrogen-bond donors (Lipinski definition) is 0. The Kier molecular flexibility index (Phi) is 5.90. The standard InChI is InChI=1S/C16H24O2S/c1-18-16(17)14-12-19-15-11-9-7-5-3-2-4-6-8-10-13(14)15/h12H,2-11H2,1H3. The van der Waals surface area contributed by atoms with Gasteiger partial charge < -0.3 is 4.74 Å². The summed E-state index contributed by atoms with van der Waals surface area (Å²) in [5.41, 5.74) is 2.09. The molecule has 0 bridgehead atoms. The highest BCUT2D eigenvalue weighted by atomic mass is 32.1. The average molecular weight is 280 g/mol. The Morgan fingerprint density at radius 3 is 2.21 bits per heavy atom. The number of carbonyl (C=O) groups excluding carboxylic acids is 1. The summed E-state index contributed by atoms with van der Waals surface area (Å²) in [6, 6.07) is 0. The maximum Gasteiger partial charge on any atom is 0.338 e. The number of esters is 1. The van der Waals surface area contributed by atoms with Crippen molar-refractivity contribution in [1.82, 2.24) is 0 Å². The van der Waals surface area contributed by atoms with Crippen LogP contribution in [0, 0.1) is 0 Å². The predicted octanol–water partition coefficient (Wildman–Crippen LogP) is 4.75. The third-order valence-electron chi connectivity index (χ3n) is 3.97. The van der Waals surface area contributed by atoms with Crippen LogP contribution in [0.25, 0.3) is 0 Å². The molecule has 1 aromatic rings. The summed E-state index contributed by atoms with van der Waals surface area (Å²) in [7, 11) is 1.47. The molecule has 0 radical (unpaired) electrons. The highest BCUT2D eigenvalue weighted by Gasteiger charge is 2.17. The first-order valence-corrected chi connectivity index (χ1v) is 8.38. The largest absolute Gasteiger partial charge is 0.465 e. The molecule has 0 amide bonds. The molecule has 1 aliphatic carbocycles. The van der Waals surface area contributed by atoms with Crippen molar-refractivity contribution >= 4 is 17.3 Å². The van der Waals surface area contributed by atoms with E-state index in [4.69, 9.17) is 4.74 Å². The van der Waals surface area contributed by atoms with Crippen LogP contribution in [0.4, 0.5) is 0 Å². The number of hydrogen-bond acceptors (Lipinski definition) is 3. The van der Waals surface area contributed by atoms with E-state index >= 15 is 0 Å². The van der Waals surface area contributed by atoms with Gasteiger partial charge in [-0.05, 0) is 31.2 Å². The molecule has 19 heavy (non-hydrogen) atoms. The second kappa shape index (κ2) is 7.68. The maximum atomic E-state index is 11.8. The molecule has 0 saturated heterocycles. The van der Waals surface area contributed by atoms with Gasteiger partial charge in [-0.3, -0.25) is 0 Å². The van der Waals surface area contributed by atoms with Crippen LogP contribution in [0.3, 0.4) is 0 Å². The first kappa shape index (κ1) is 14.6. The highest BCUT2D eigenvalue weighted by molar-refractivity contribution is 7.10. The molecule has 0 aliphatic heterocycles. The van der Waals surface area contributed by atoms with Gasteiger partial charge in [0.1, 0.15) is 0 Å². The van der Waals surface area contributed by atoms with Gasteiger partial charge >= 0.3 is 5.97 Å². The molecule has 2 rings (SSSR count). The third-order valence-corrected chi connectivity index (χ3v) is 5.06. The van der Waals surface area contributed by atoms with E-state index in [2.05, 4.69) is 0 Å². The molecule has 0 fully saturated rings. The lowest BCUT2D eigenvalue weighted by atomic mass is 9.98. The fourth-order valence-corrected chi connectivity index (χ4v) is 3.95. The van der Waals surface area contributed by atoms with Crippen molar-refractivity contribution in [1.29, 1.82) is 0 Å². The summed E-state index contributed by atoms with van der Waals surface area (Å²) in [6.45, 7) is 0. The summed E-state index contributed by atoms with van der Waals surface area (Å²) >= 11 is 1.75. The van der Waals surface area contributed by atoms with E-state index in [1.54, 1.807) is 11.3 Å². The van der Waals surface area contributed by atoms with Crippen LogP contribution in [0.2, 0.25) is 0 Å². The number of aryl methyl sites for hydroxylation is 1. The number of methoxy groups -OCH3 is 1. The second-order valence-electron chi connectivity index (χ2n) is 5.37. The summed E-state index contributed by atoms with van der Waals surface area (Å²) in [4.78, 5) is 13.2. The molecular formula is C16H24O2S. The number of rotatable bonds is 1. The van der Waals surface area contributed by atoms with E-state index in [0.717, 1.165) is 18.4 Å². The van der Waals surface area contributed by atoms with Crippen LogP contribution in [0.5, 0.6) is 0 Å². The van der Waals surface area contributed by atoms with E-state index in [9.17, 15) is 4.79 Å². The maximum absolute atomic E-state index is 11.8. The van der Waals surface area contributed by atoms with Crippen molar-refractivity contribution in [3.05, 3.63) is 21.4 Å². The fraction of sp³-hybridized carbons (Fsp3) is 0.688. The molecule has 1 aliphatic rings.